The molecule has 0 aliphatic heterocycles. The molecule has 0 heterocycles. The molecule has 0 aromatic rings. The highest BCUT2D eigenvalue weighted by atomic mass is 15.1. The van der Waals surface area contributed by atoms with Crippen LogP contribution in [0.2, 0.25) is 0 Å². The molecule has 0 saturated heterocycles. The highest BCUT2D eigenvalue weighted by Crippen LogP contribution is 2.09. The van der Waals surface area contributed by atoms with E-state index in [0.717, 1.165) is 6.54 Å². The smallest absolute Gasteiger partial charge is 0.0167 e. The van der Waals surface area contributed by atoms with Crippen LogP contribution in [-0.4, -0.2) is 30.6 Å². The van der Waals surface area contributed by atoms with E-state index in [9.17, 15) is 0 Å². The third-order valence-electron chi connectivity index (χ3n) is 4.58. The van der Waals surface area contributed by atoms with Crippen molar-refractivity contribution in [1.82, 2.24) is 4.90 Å². The van der Waals surface area contributed by atoms with E-state index in [1.807, 2.05) is 0 Å². The van der Waals surface area contributed by atoms with Gasteiger partial charge in [-0.15, -0.1) is 0 Å². The summed E-state index contributed by atoms with van der Waals surface area (Å²) in [4.78, 5) is 2.65. The van der Waals surface area contributed by atoms with Crippen molar-refractivity contribution in [3.63, 3.8) is 0 Å². The summed E-state index contributed by atoms with van der Waals surface area (Å²) < 4.78 is 0. The standard InChI is InChI=1S/C20H44N2/c1-4-7-10-13-16-20(21)19-22(17-14-11-8-5-2)18-15-12-9-6-3/h20H,4-19,21H2,1-3H3. The Balaban J connectivity index is 3.91. The van der Waals surface area contributed by atoms with Crippen molar-refractivity contribution in [2.45, 2.75) is 110 Å². The average Bonchev–Trinajstić information content (AvgIpc) is 2.52. The molecule has 0 radical (unpaired) electrons. The summed E-state index contributed by atoms with van der Waals surface area (Å²) in [6.07, 6.45) is 17.4. The van der Waals surface area contributed by atoms with Gasteiger partial charge in [-0.3, -0.25) is 0 Å². The van der Waals surface area contributed by atoms with Crippen LogP contribution in [0.3, 0.4) is 0 Å². The van der Waals surface area contributed by atoms with Crippen LogP contribution < -0.4 is 5.73 Å². The molecule has 0 aliphatic rings. The summed E-state index contributed by atoms with van der Waals surface area (Å²) in [7, 11) is 0. The second-order valence-corrected chi connectivity index (χ2v) is 7.03. The van der Waals surface area contributed by atoms with Gasteiger partial charge in [-0.1, -0.05) is 85.0 Å². The molecule has 0 rings (SSSR count). The van der Waals surface area contributed by atoms with Gasteiger partial charge in [0.25, 0.3) is 0 Å². The molecule has 2 heteroatoms. The molecule has 134 valence electrons. The molecule has 0 aliphatic carbocycles. The van der Waals surface area contributed by atoms with Crippen molar-refractivity contribution in [2.24, 2.45) is 5.73 Å². The van der Waals surface area contributed by atoms with Crippen molar-refractivity contribution in [1.29, 1.82) is 0 Å². The third-order valence-corrected chi connectivity index (χ3v) is 4.58. The lowest BCUT2D eigenvalue weighted by atomic mass is 10.1. The van der Waals surface area contributed by atoms with Crippen molar-refractivity contribution in [2.75, 3.05) is 19.6 Å². The predicted molar refractivity (Wildman–Crippen MR) is 101 cm³/mol. The molecule has 0 spiro atoms. The molecule has 22 heavy (non-hydrogen) atoms. The third kappa shape index (κ3) is 14.8. The van der Waals surface area contributed by atoms with Crippen LogP contribution in [0.4, 0.5) is 0 Å². The Labute approximate surface area is 141 Å². The number of rotatable bonds is 17. The predicted octanol–water partition coefficient (Wildman–Crippen LogP) is 5.75. The first-order chi connectivity index (χ1) is 10.7. The molecule has 2 nitrogen and oxygen atoms in total. The number of nitrogens with zero attached hydrogens (tertiary/aromatic N) is 1. The lowest BCUT2D eigenvalue weighted by Gasteiger charge is -2.26. The fraction of sp³-hybridized carbons (Fsp3) is 1.00. The van der Waals surface area contributed by atoms with Crippen LogP contribution in [0, 0.1) is 0 Å². The van der Waals surface area contributed by atoms with Crippen molar-refractivity contribution in [3.05, 3.63) is 0 Å². The SMILES string of the molecule is CCCCCCC(N)CN(CCCCCC)CCCCCC. The first kappa shape index (κ1) is 21.9. The first-order valence-corrected chi connectivity index (χ1v) is 10.2. The molecule has 1 atom stereocenters. The second kappa shape index (κ2) is 17.3. The van der Waals surface area contributed by atoms with Crippen molar-refractivity contribution >= 4 is 0 Å². The van der Waals surface area contributed by atoms with Crippen LogP contribution in [0.5, 0.6) is 0 Å². The Hall–Kier alpha value is -0.0800. The summed E-state index contributed by atoms with van der Waals surface area (Å²) in [5.41, 5.74) is 6.38. The Morgan fingerprint density at radius 2 is 1.09 bits per heavy atom. The maximum absolute atomic E-state index is 6.38. The van der Waals surface area contributed by atoms with Gasteiger partial charge in [0.05, 0.1) is 0 Å². The quantitative estimate of drug-likeness (QED) is 0.347. The van der Waals surface area contributed by atoms with E-state index in [1.54, 1.807) is 0 Å². The van der Waals surface area contributed by atoms with E-state index >= 15 is 0 Å². The topological polar surface area (TPSA) is 29.3 Å². The minimum atomic E-state index is 0.384. The molecule has 0 fully saturated rings. The van der Waals surface area contributed by atoms with Crippen molar-refractivity contribution < 1.29 is 0 Å². The van der Waals surface area contributed by atoms with Gasteiger partial charge in [-0.25, -0.2) is 0 Å². The number of nitrogens with two attached hydrogens (primary N) is 1. The fourth-order valence-corrected chi connectivity index (χ4v) is 3.07. The van der Waals surface area contributed by atoms with Crippen LogP contribution in [-0.2, 0) is 0 Å². The van der Waals surface area contributed by atoms with E-state index in [1.165, 1.54) is 96.6 Å². The van der Waals surface area contributed by atoms with Crippen LogP contribution in [0.15, 0.2) is 0 Å². The van der Waals surface area contributed by atoms with E-state index < -0.39 is 0 Å². The van der Waals surface area contributed by atoms with Gasteiger partial charge in [-0.2, -0.15) is 0 Å². The second-order valence-electron chi connectivity index (χ2n) is 7.03. The zero-order chi connectivity index (χ0) is 16.5. The normalized spacial score (nSPS) is 13.0. The van der Waals surface area contributed by atoms with Gasteiger partial charge in [-0.05, 0) is 32.4 Å². The molecular weight excluding hydrogens is 268 g/mol. The van der Waals surface area contributed by atoms with Gasteiger partial charge in [0.15, 0.2) is 0 Å². The molecule has 1 unspecified atom stereocenters. The average molecular weight is 313 g/mol. The molecule has 2 N–H and O–H groups in total. The van der Waals surface area contributed by atoms with Gasteiger partial charge in [0.1, 0.15) is 0 Å². The number of hydrogen-bond acceptors (Lipinski definition) is 2. The van der Waals surface area contributed by atoms with E-state index in [2.05, 4.69) is 25.7 Å². The summed E-state index contributed by atoms with van der Waals surface area (Å²) in [6, 6.07) is 0.384. The minimum absolute atomic E-state index is 0.384. The molecule has 0 aromatic carbocycles. The lowest BCUT2D eigenvalue weighted by molar-refractivity contribution is 0.240. The highest BCUT2D eigenvalue weighted by molar-refractivity contribution is 4.69. The van der Waals surface area contributed by atoms with Gasteiger partial charge < -0.3 is 10.6 Å². The summed E-state index contributed by atoms with van der Waals surface area (Å²) in [5, 5.41) is 0. The Morgan fingerprint density at radius 1 is 0.636 bits per heavy atom. The molecule has 0 aromatic heterocycles. The largest absolute Gasteiger partial charge is 0.327 e. The molecule has 0 bridgehead atoms. The first-order valence-electron chi connectivity index (χ1n) is 10.2. The molecule has 0 amide bonds. The van der Waals surface area contributed by atoms with Crippen LogP contribution >= 0.6 is 0 Å². The monoisotopic (exact) mass is 312 g/mol. The Morgan fingerprint density at radius 3 is 1.55 bits per heavy atom. The van der Waals surface area contributed by atoms with E-state index in [4.69, 9.17) is 5.73 Å². The number of hydrogen-bond donors (Lipinski definition) is 1. The van der Waals surface area contributed by atoms with Crippen molar-refractivity contribution in [3.8, 4) is 0 Å². The maximum Gasteiger partial charge on any atom is 0.0167 e. The van der Waals surface area contributed by atoms with Crippen LogP contribution in [0.1, 0.15) is 104 Å². The highest BCUT2D eigenvalue weighted by Gasteiger charge is 2.10. The van der Waals surface area contributed by atoms with Gasteiger partial charge >= 0.3 is 0 Å². The Kier molecular flexibility index (Phi) is 17.2. The molecule has 0 saturated carbocycles. The summed E-state index contributed by atoms with van der Waals surface area (Å²) in [6.45, 7) is 10.5. The lowest BCUT2D eigenvalue weighted by Crippen LogP contribution is -2.38. The summed E-state index contributed by atoms with van der Waals surface area (Å²) >= 11 is 0. The zero-order valence-electron chi connectivity index (χ0n) is 15.9. The van der Waals surface area contributed by atoms with Gasteiger partial charge in [0.2, 0.25) is 0 Å². The molecular formula is C20H44N2. The van der Waals surface area contributed by atoms with Gasteiger partial charge in [0, 0.05) is 12.6 Å². The maximum atomic E-state index is 6.38. The van der Waals surface area contributed by atoms with E-state index in [0.29, 0.717) is 6.04 Å². The number of unbranched alkanes of at least 4 members (excludes halogenated alkanes) is 9. The minimum Gasteiger partial charge on any atom is -0.327 e. The zero-order valence-corrected chi connectivity index (χ0v) is 15.9. The van der Waals surface area contributed by atoms with E-state index in [-0.39, 0.29) is 0 Å². The fourth-order valence-electron chi connectivity index (χ4n) is 3.07. The van der Waals surface area contributed by atoms with Crippen LogP contribution in [0.25, 0.3) is 0 Å². The Bertz CT molecular complexity index is 194. The summed E-state index contributed by atoms with van der Waals surface area (Å²) in [5.74, 6) is 0.